The molecule has 3 rings (SSSR count). The van der Waals surface area contributed by atoms with Crippen LogP contribution in [0.5, 0.6) is 0 Å². The molecule has 29 heavy (non-hydrogen) atoms. The first-order valence-electron chi connectivity index (χ1n) is 10.1. The summed E-state index contributed by atoms with van der Waals surface area (Å²) >= 11 is 1.80. The third kappa shape index (κ3) is 7.07. The van der Waals surface area contributed by atoms with E-state index in [9.17, 15) is 0 Å². The van der Waals surface area contributed by atoms with Crippen molar-refractivity contribution in [2.24, 2.45) is 4.99 Å². The van der Waals surface area contributed by atoms with Gasteiger partial charge in [0.2, 0.25) is 0 Å². The normalized spacial score (nSPS) is 11.8. The predicted octanol–water partition coefficient (Wildman–Crippen LogP) is 4.27. The first kappa shape index (κ1) is 21.1. The maximum Gasteiger partial charge on any atom is 0.191 e. The molecule has 3 aromatic rings. The van der Waals surface area contributed by atoms with Gasteiger partial charge in [-0.25, -0.2) is 4.99 Å². The molecule has 154 valence electrons. The van der Waals surface area contributed by atoms with Crippen LogP contribution < -0.4 is 10.6 Å². The molecule has 2 heterocycles. The predicted molar refractivity (Wildman–Crippen MR) is 121 cm³/mol. The fraction of sp³-hybridized carbons (Fsp3) is 0.348. The van der Waals surface area contributed by atoms with E-state index in [0.717, 1.165) is 44.3 Å². The Morgan fingerprint density at radius 3 is 2.62 bits per heavy atom. The van der Waals surface area contributed by atoms with Crippen LogP contribution >= 0.6 is 11.3 Å². The number of rotatable bonds is 10. The van der Waals surface area contributed by atoms with Gasteiger partial charge < -0.3 is 15.1 Å². The minimum Gasteiger partial charge on any atom is -0.468 e. The van der Waals surface area contributed by atoms with Crippen molar-refractivity contribution in [3.05, 3.63) is 81.9 Å². The lowest BCUT2D eigenvalue weighted by Gasteiger charge is -2.17. The summed E-state index contributed by atoms with van der Waals surface area (Å²) in [4.78, 5) is 8.45. The van der Waals surface area contributed by atoms with Gasteiger partial charge in [0.05, 0.1) is 19.4 Å². The highest BCUT2D eigenvalue weighted by Crippen LogP contribution is 2.14. The largest absolute Gasteiger partial charge is 0.468 e. The second-order valence-electron chi connectivity index (χ2n) is 6.97. The van der Waals surface area contributed by atoms with Crippen molar-refractivity contribution in [3.63, 3.8) is 0 Å². The van der Waals surface area contributed by atoms with Crippen LogP contribution in [0.1, 0.15) is 28.7 Å². The Hall–Kier alpha value is -2.57. The SMILES string of the molecule is CCNC(=NCc1ccccc1CN(C)Cc1ccco1)NCCc1cccs1. The lowest BCUT2D eigenvalue weighted by atomic mass is 10.1. The zero-order chi connectivity index (χ0) is 20.3. The van der Waals surface area contributed by atoms with Crippen LogP contribution in [0, 0.1) is 0 Å². The molecule has 0 bridgehead atoms. The van der Waals surface area contributed by atoms with Gasteiger partial charge >= 0.3 is 0 Å². The second kappa shape index (κ2) is 11.4. The Kier molecular flexibility index (Phi) is 8.34. The van der Waals surface area contributed by atoms with E-state index in [0.29, 0.717) is 6.54 Å². The number of hydrogen-bond donors (Lipinski definition) is 2. The van der Waals surface area contributed by atoms with Crippen LogP contribution in [-0.2, 0) is 26.1 Å². The fourth-order valence-electron chi connectivity index (χ4n) is 3.15. The van der Waals surface area contributed by atoms with Crippen LogP contribution in [0.2, 0.25) is 0 Å². The average molecular weight is 411 g/mol. The van der Waals surface area contributed by atoms with E-state index in [1.165, 1.54) is 16.0 Å². The molecule has 0 saturated heterocycles. The van der Waals surface area contributed by atoms with E-state index in [1.54, 1.807) is 17.6 Å². The molecule has 0 amide bonds. The molecular formula is C23H30N4OS. The van der Waals surface area contributed by atoms with Crippen LogP contribution in [0.3, 0.4) is 0 Å². The molecule has 0 spiro atoms. The van der Waals surface area contributed by atoms with Crippen molar-refractivity contribution in [2.75, 3.05) is 20.1 Å². The fourth-order valence-corrected chi connectivity index (χ4v) is 3.86. The van der Waals surface area contributed by atoms with Gasteiger partial charge in [-0.1, -0.05) is 30.3 Å². The van der Waals surface area contributed by atoms with Gasteiger partial charge in [-0.15, -0.1) is 11.3 Å². The van der Waals surface area contributed by atoms with Gasteiger partial charge in [0.25, 0.3) is 0 Å². The molecule has 5 nitrogen and oxygen atoms in total. The summed E-state index contributed by atoms with van der Waals surface area (Å²) in [5.74, 6) is 1.84. The summed E-state index contributed by atoms with van der Waals surface area (Å²) in [7, 11) is 2.11. The monoisotopic (exact) mass is 410 g/mol. The van der Waals surface area contributed by atoms with Crippen molar-refractivity contribution >= 4 is 17.3 Å². The average Bonchev–Trinajstić information content (AvgIpc) is 3.41. The minimum absolute atomic E-state index is 0.652. The molecule has 1 aromatic carbocycles. The molecule has 2 N–H and O–H groups in total. The number of furan rings is 1. The molecular weight excluding hydrogens is 380 g/mol. The van der Waals surface area contributed by atoms with Crippen LogP contribution in [-0.4, -0.2) is 31.0 Å². The standard InChI is InChI=1S/C23H30N4OS/c1-3-24-23(25-13-12-22-11-7-15-29-22)26-16-19-8-4-5-9-20(19)17-27(2)18-21-10-6-14-28-21/h4-11,14-15H,3,12-13,16-18H2,1-2H3,(H2,24,25,26). The number of guanidine groups is 1. The zero-order valence-electron chi connectivity index (χ0n) is 17.2. The maximum absolute atomic E-state index is 5.46. The smallest absolute Gasteiger partial charge is 0.191 e. The first-order valence-corrected chi connectivity index (χ1v) is 10.9. The van der Waals surface area contributed by atoms with Crippen LogP contribution in [0.15, 0.2) is 69.6 Å². The number of nitrogens with one attached hydrogen (secondary N) is 2. The van der Waals surface area contributed by atoms with Crippen molar-refractivity contribution < 1.29 is 4.42 Å². The Labute approximate surface area is 177 Å². The first-order chi connectivity index (χ1) is 14.2. The van der Waals surface area contributed by atoms with Gasteiger partial charge in [-0.3, -0.25) is 4.90 Å². The van der Waals surface area contributed by atoms with E-state index in [1.807, 2.05) is 12.1 Å². The molecule has 0 saturated carbocycles. The van der Waals surface area contributed by atoms with Gasteiger partial charge in [-0.05, 0) is 55.1 Å². The Bertz CT molecular complexity index is 859. The number of aliphatic imine (C=N–C) groups is 1. The van der Waals surface area contributed by atoms with Crippen LogP contribution in [0.4, 0.5) is 0 Å². The van der Waals surface area contributed by atoms with Crippen molar-refractivity contribution in [3.8, 4) is 0 Å². The van der Waals surface area contributed by atoms with E-state index < -0.39 is 0 Å². The molecule has 6 heteroatoms. The molecule has 2 aromatic heterocycles. The Morgan fingerprint density at radius 2 is 1.90 bits per heavy atom. The van der Waals surface area contributed by atoms with Gasteiger partial charge in [-0.2, -0.15) is 0 Å². The van der Waals surface area contributed by atoms with Gasteiger partial charge in [0.1, 0.15) is 5.76 Å². The summed E-state index contributed by atoms with van der Waals surface area (Å²) in [6.45, 7) is 6.11. The van der Waals surface area contributed by atoms with Gasteiger partial charge in [0, 0.05) is 24.5 Å². The highest BCUT2D eigenvalue weighted by atomic mass is 32.1. The van der Waals surface area contributed by atoms with Crippen LogP contribution in [0.25, 0.3) is 0 Å². The lowest BCUT2D eigenvalue weighted by Crippen LogP contribution is -2.38. The Morgan fingerprint density at radius 1 is 1.03 bits per heavy atom. The summed E-state index contributed by atoms with van der Waals surface area (Å²) in [6, 6.07) is 16.7. The number of hydrogen-bond acceptors (Lipinski definition) is 4. The van der Waals surface area contributed by atoms with E-state index in [2.05, 4.69) is 71.3 Å². The van der Waals surface area contributed by atoms with E-state index in [4.69, 9.17) is 9.41 Å². The molecule has 0 aliphatic rings. The molecule has 0 unspecified atom stereocenters. The summed E-state index contributed by atoms with van der Waals surface area (Å²) in [6.07, 6.45) is 2.73. The second-order valence-corrected chi connectivity index (χ2v) is 8.00. The van der Waals surface area contributed by atoms with Crippen molar-refractivity contribution in [1.29, 1.82) is 0 Å². The number of thiophene rings is 1. The summed E-state index contributed by atoms with van der Waals surface area (Å²) in [5, 5.41) is 8.90. The summed E-state index contributed by atoms with van der Waals surface area (Å²) in [5.41, 5.74) is 2.54. The quantitative estimate of drug-likeness (QED) is 0.387. The molecule has 0 aliphatic heterocycles. The number of benzene rings is 1. The highest BCUT2D eigenvalue weighted by molar-refractivity contribution is 7.09. The molecule has 0 fully saturated rings. The van der Waals surface area contributed by atoms with Crippen molar-refractivity contribution in [1.82, 2.24) is 15.5 Å². The Balaban J connectivity index is 1.58. The van der Waals surface area contributed by atoms with E-state index >= 15 is 0 Å². The number of nitrogens with zero attached hydrogens (tertiary/aromatic N) is 2. The third-order valence-electron chi connectivity index (χ3n) is 4.56. The highest BCUT2D eigenvalue weighted by Gasteiger charge is 2.08. The topological polar surface area (TPSA) is 52.8 Å². The molecule has 0 radical (unpaired) electrons. The third-order valence-corrected chi connectivity index (χ3v) is 5.50. The molecule has 0 aliphatic carbocycles. The van der Waals surface area contributed by atoms with E-state index in [-0.39, 0.29) is 0 Å². The summed E-state index contributed by atoms with van der Waals surface area (Å²) < 4.78 is 5.46. The zero-order valence-corrected chi connectivity index (χ0v) is 18.0. The molecule has 0 atom stereocenters. The maximum atomic E-state index is 5.46. The lowest BCUT2D eigenvalue weighted by molar-refractivity contribution is 0.287. The van der Waals surface area contributed by atoms with Gasteiger partial charge in [0.15, 0.2) is 5.96 Å². The minimum atomic E-state index is 0.652. The van der Waals surface area contributed by atoms with Crippen molar-refractivity contribution in [2.45, 2.75) is 33.0 Å².